The number of ether oxygens (including phenoxy) is 1. The van der Waals surface area contributed by atoms with Crippen LogP contribution in [-0.4, -0.2) is 23.5 Å². The molecule has 1 N–H and O–H groups in total. The van der Waals surface area contributed by atoms with Gasteiger partial charge in [0.15, 0.2) is 0 Å². The van der Waals surface area contributed by atoms with E-state index < -0.39 is 5.97 Å². The van der Waals surface area contributed by atoms with E-state index in [0.717, 1.165) is 5.56 Å². The fourth-order valence-electron chi connectivity index (χ4n) is 1.95. The van der Waals surface area contributed by atoms with Gasteiger partial charge in [-0.2, -0.15) is 0 Å². The van der Waals surface area contributed by atoms with E-state index in [9.17, 15) is 9.59 Å². The van der Waals surface area contributed by atoms with Crippen molar-refractivity contribution >= 4 is 17.7 Å². The molecule has 22 heavy (non-hydrogen) atoms. The lowest BCUT2D eigenvalue weighted by molar-refractivity contribution is -0.116. The number of pyridine rings is 1. The Balaban J connectivity index is 1.91. The molecular weight excluding hydrogens is 280 g/mol. The molecular formula is C17H18N2O3. The minimum Gasteiger partial charge on any atom is -0.462 e. The van der Waals surface area contributed by atoms with Crippen molar-refractivity contribution in [2.45, 2.75) is 19.8 Å². The number of rotatable bonds is 6. The van der Waals surface area contributed by atoms with E-state index in [1.54, 1.807) is 13.0 Å². The number of carbonyl (C=O) groups is 2. The number of nitrogens with zero attached hydrogens (tertiary/aromatic N) is 1. The molecule has 1 aromatic carbocycles. The molecule has 1 amide bonds. The highest BCUT2D eigenvalue weighted by atomic mass is 16.5. The Hall–Kier alpha value is -2.69. The van der Waals surface area contributed by atoms with Gasteiger partial charge in [-0.25, -0.2) is 9.78 Å². The summed E-state index contributed by atoms with van der Waals surface area (Å²) < 4.78 is 4.91. The summed E-state index contributed by atoms with van der Waals surface area (Å²) in [6.07, 6.45) is 2.48. The number of aromatic nitrogens is 1. The predicted octanol–water partition coefficient (Wildman–Crippen LogP) is 2.83. The molecule has 0 unspecified atom stereocenters. The van der Waals surface area contributed by atoms with E-state index in [2.05, 4.69) is 10.3 Å². The summed E-state index contributed by atoms with van der Waals surface area (Å²) >= 11 is 0. The average molecular weight is 298 g/mol. The molecule has 0 fully saturated rings. The van der Waals surface area contributed by atoms with Crippen LogP contribution < -0.4 is 5.32 Å². The van der Waals surface area contributed by atoms with Gasteiger partial charge >= 0.3 is 5.97 Å². The Labute approximate surface area is 129 Å². The van der Waals surface area contributed by atoms with Crippen LogP contribution in [0.4, 0.5) is 5.82 Å². The maximum Gasteiger partial charge on any atom is 0.338 e. The van der Waals surface area contributed by atoms with Crippen LogP contribution in [0.15, 0.2) is 48.7 Å². The van der Waals surface area contributed by atoms with Gasteiger partial charge in [-0.15, -0.1) is 0 Å². The van der Waals surface area contributed by atoms with Gasteiger partial charge in [0.05, 0.1) is 12.2 Å². The molecule has 5 heteroatoms. The Kier molecular flexibility index (Phi) is 5.65. The van der Waals surface area contributed by atoms with Crippen molar-refractivity contribution in [2.24, 2.45) is 0 Å². The Bertz CT molecular complexity index is 641. The summed E-state index contributed by atoms with van der Waals surface area (Å²) in [5.74, 6) is -0.217. The summed E-state index contributed by atoms with van der Waals surface area (Å²) in [4.78, 5) is 27.6. The molecule has 0 saturated heterocycles. The molecule has 0 atom stereocenters. The third-order valence-electron chi connectivity index (χ3n) is 3.02. The van der Waals surface area contributed by atoms with Crippen molar-refractivity contribution < 1.29 is 14.3 Å². The van der Waals surface area contributed by atoms with Crippen LogP contribution in [-0.2, 0) is 16.0 Å². The van der Waals surface area contributed by atoms with Gasteiger partial charge < -0.3 is 10.1 Å². The molecule has 1 heterocycles. The van der Waals surface area contributed by atoms with Gasteiger partial charge in [-0.1, -0.05) is 30.3 Å². The number of hydrogen-bond donors (Lipinski definition) is 1. The second-order valence-electron chi connectivity index (χ2n) is 4.68. The first-order chi connectivity index (χ1) is 10.7. The van der Waals surface area contributed by atoms with Gasteiger partial charge in [0.1, 0.15) is 5.82 Å². The fourth-order valence-corrected chi connectivity index (χ4v) is 1.95. The first-order valence-corrected chi connectivity index (χ1v) is 7.16. The quantitative estimate of drug-likeness (QED) is 0.833. The predicted molar refractivity (Wildman–Crippen MR) is 83.6 cm³/mol. The SMILES string of the molecule is CCOC(=O)c1ccnc(NC(=O)CCc2ccccc2)c1. The normalized spacial score (nSPS) is 10.0. The molecule has 0 radical (unpaired) electrons. The van der Waals surface area contributed by atoms with Gasteiger partial charge in [-0.3, -0.25) is 4.79 Å². The van der Waals surface area contributed by atoms with Crippen LogP contribution in [0.1, 0.15) is 29.3 Å². The van der Waals surface area contributed by atoms with Crippen molar-refractivity contribution in [3.05, 3.63) is 59.8 Å². The van der Waals surface area contributed by atoms with Crippen LogP contribution >= 0.6 is 0 Å². The summed E-state index contributed by atoms with van der Waals surface area (Å²) in [6, 6.07) is 12.8. The maximum atomic E-state index is 11.9. The summed E-state index contributed by atoms with van der Waals surface area (Å²) in [6.45, 7) is 2.05. The van der Waals surface area contributed by atoms with Crippen molar-refractivity contribution in [1.82, 2.24) is 4.98 Å². The zero-order valence-corrected chi connectivity index (χ0v) is 12.4. The van der Waals surface area contributed by atoms with E-state index in [4.69, 9.17) is 4.74 Å². The maximum absolute atomic E-state index is 11.9. The van der Waals surface area contributed by atoms with Crippen LogP contribution in [0.3, 0.4) is 0 Å². The zero-order chi connectivity index (χ0) is 15.8. The molecule has 0 aliphatic carbocycles. The lowest BCUT2D eigenvalue weighted by Gasteiger charge is -2.06. The molecule has 0 spiro atoms. The van der Waals surface area contributed by atoms with Crippen LogP contribution in [0, 0.1) is 0 Å². The summed E-state index contributed by atoms with van der Waals surface area (Å²) in [5.41, 5.74) is 1.47. The zero-order valence-electron chi connectivity index (χ0n) is 12.4. The van der Waals surface area contributed by atoms with Crippen molar-refractivity contribution in [2.75, 3.05) is 11.9 Å². The highest BCUT2D eigenvalue weighted by Crippen LogP contribution is 2.10. The molecule has 0 bridgehead atoms. The lowest BCUT2D eigenvalue weighted by atomic mass is 10.1. The summed E-state index contributed by atoms with van der Waals surface area (Å²) in [5, 5.41) is 2.69. The minimum absolute atomic E-state index is 0.141. The minimum atomic E-state index is -0.426. The third kappa shape index (κ3) is 4.70. The average Bonchev–Trinajstić information content (AvgIpc) is 2.54. The van der Waals surface area contributed by atoms with E-state index in [1.807, 2.05) is 30.3 Å². The van der Waals surface area contributed by atoms with Crippen LogP contribution in [0.2, 0.25) is 0 Å². The number of esters is 1. The van der Waals surface area contributed by atoms with E-state index in [-0.39, 0.29) is 5.91 Å². The lowest BCUT2D eigenvalue weighted by Crippen LogP contribution is -2.14. The number of hydrogen-bond acceptors (Lipinski definition) is 4. The second-order valence-corrected chi connectivity index (χ2v) is 4.68. The van der Waals surface area contributed by atoms with Gasteiger partial charge in [0.2, 0.25) is 5.91 Å². The van der Waals surface area contributed by atoms with Crippen LogP contribution in [0.25, 0.3) is 0 Å². The Morgan fingerprint density at radius 2 is 1.95 bits per heavy atom. The molecule has 0 saturated carbocycles. The molecule has 1 aromatic heterocycles. The fraction of sp³-hybridized carbons (Fsp3) is 0.235. The molecule has 114 valence electrons. The second kappa shape index (κ2) is 7.93. The van der Waals surface area contributed by atoms with Crippen molar-refractivity contribution in [1.29, 1.82) is 0 Å². The topological polar surface area (TPSA) is 68.3 Å². The number of amides is 1. The van der Waals surface area contributed by atoms with E-state index in [0.29, 0.717) is 30.8 Å². The summed E-state index contributed by atoms with van der Waals surface area (Å²) in [7, 11) is 0. The first kappa shape index (κ1) is 15.7. The van der Waals surface area contributed by atoms with E-state index in [1.165, 1.54) is 12.3 Å². The smallest absolute Gasteiger partial charge is 0.338 e. The number of aryl methyl sites for hydroxylation is 1. The first-order valence-electron chi connectivity index (χ1n) is 7.16. The largest absolute Gasteiger partial charge is 0.462 e. The van der Waals surface area contributed by atoms with E-state index >= 15 is 0 Å². The number of carbonyl (C=O) groups excluding carboxylic acids is 2. The molecule has 5 nitrogen and oxygen atoms in total. The van der Waals surface area contributed by atoms with Gasteiger partial charge in [-0.05, 0) is 31.0 Å². The molecule has 2 rings (SSSR count). The monoisotopic (exact) mass is 298 g/mol. The van der Waals surface area contributed by atoms with Gasteiger partial charge in [0, 0.05) is 12.6 Å². The van der Waals surface area contributed by atoms with Crippen molar-refractivity contribution in [3.8, 4) is 0 Å². The highest BCUT2D eigenvalue weighted by Gasteiger charge is 2.09. The molecule has 2 aromatic rings. The number of benzene rings is 1. The number of nitrogens with one attached hydrogen (secondary N) is 1. The Morgan fingerprint density at radius 3 is 2.68 bits per heavy atom. The molecule has 0 aliphatic heterocycles. The molecule has 0 aliphatic rings. The van der Waals surface area contributed by atoms with Gasteiger partial charge in [0.25, 0.3) is 0 Å². The standard InChI is InChI=1S/C17H18N2O3/c1-2-22-17(21)14-10-11-18-15(12-14)19-16(20)9-8-13-6-4-3-5-7-13/h3-7,10-12H,2,8-9H2,1H3,(H,18,19,20). The van der Waals surface area contributed by atoms with Crippen LogP contribution in [0.5, 0.6) is 0 Å². The number of anilines is 1. The Morgan fingerprint density at radius 1 is 1.18 bits per heavy atom. The third-order valence-corrected chi connectivity index (χ3v) is 3.02. The highest BCUT2D eigenvalue weighted by molar-refractivity contribution is 5.93. The van der Waals surface area contributed by atoms with Crippen molar-refractivity contribution in [3.63, 3.8) is 0 Å².